The van der Waals surface area contributed by atoms with Gasteiger partial charge in [-0.25, -0.2) is 13.2 Å². The maximum atomic E-state index is 14.0. The molecule has 0 aliphatic carbocycles. The fraction of sp³-hybridized carbons (Fsp3) is 0.0769. The Balaban J connectivity index is 2.59. The quantitative estimate of drug-likeness (QED) is 0.735. The molecule has 19 heavy (non-hydrogen) atoms. The molecule has 0 spiro atoms. The van der Waals surface area contributed by atoms with E-state index in [9.17, 15) is 13.2 Å². The third-order valence-corrected chi connectivity index (χ3v) is 4.16. The van der Waals surface area contributed by atoms with E-state index >= 15 is 0 Å². The molecule has 6 heteroatoms. The number of halogens is 5. The summed E-state index contributed by atoms with van der Waals surface area (Å²) in [6.45, 7) is 0. The SMILES string of the molecule is NC(c1cccc(F)c1Br)c1c(F)ccc(Br)c1F. The first-order valence-corrected chi connectivity index (χ1v) is 6.85. The zero-order valence-electron chi connectivity index (χ0n) is 9.43. The van der Waals surface area contributed by atoms with Crippen LogP contribution < -0.4 is 5.73 Å². The molecule has 2 aromatic rings. The van der Waals surface area contributed by atoms with E-state index < -0.39 is 23.5 Å². The molecular formula is C13H8Br2F3N. The smallest absolute Gasteiger partial charge is 0.145 e. The molecule has 0 aliphatic rings. The highest BCUT2D eigenvalue weighted by molar-refractivity contribution is 9.10. The van der Waals surface area contributed by atoms with E-state index in [-0.39, 0.29) is 20.1 Å². The summed E-state index contributed by atoms with van der Waals surface area (Å²) in [5.74, 6) is -2.10. The van der Waals surface area contributed by atoms with Crippen molar-refractivity contribution >= 4 is 31.9 Å². The lowest BCUT2D eigenvalue weighted by atomic mass is 9.98. The van der Waals surface area contributed by atoms with Gasteiger partial charge in [0.2, 0.25) is 0 Å². The third kappa shape index (κ3) is 2.70. The number of nitrogens with two attached hydrogens (primary N) is 1. The van der Waals surface area contributed by atoms with Crippen molar-refractivity contribution in [3.05, 3.63) is 67.9 Å². The topological polar surface area (TPSA) is 26.0 Å². The molecule has 0 amide bonds. The lowest BCUT2D eigenvalue weighted by Crippen LogP contribution is -2.17. The van der Waals surface area contributed by atoms with Gasteiger partial charge in [-0.2, -0.15) is 0 Å². The fourth-order valence-electron chi connectivity index (χ4n) is 1.74. The van der Waals surface area contributed by atoms with Crippen molar-refractivity contribution in [2.75, 3.05) is 0 Å². The first-order valence-electron chi connectivity index (χ1n) is 5.26. The van der Waals surface area contributed by atoms with E-state index in [4.69, 9.17) is 5.73 Å². The summed E-state index contributed by atoms with van der Waals surface area (Å²) in [5, 5.41) is 0. The fourth-order valence-corrected chi connectivity index (χ4v) is 2.60. The normalized spacial score (nSPS) is 12.5. The molecule has 2 N–H and O–H groups in total. The molecule has 0 fully saturated rings. The maximum Gasteiger partial charge on any atom is 0.145 e. The summed E-state index contributed by atoms with van der Waals surface area (Å²) in [7, 11) is 0. The summed E-state index contributed by atoms with van der Waals surface area (Å²) < 4.78 is 41.3. The van der Waals surface area contributed by atoms with Gasteiger partial charge < -0.3 is 5.73 Å². The van der Waals surface area contributed by atoms with Gasteiger partial charge in [-0.15, -0.1) is 0 Å². The predicted octanol–water partition coefficient (Wildman–Crippen LogP) is 4.68. The Labute approximate surface area is 124 Å². The number of hydrogen-bond acceptors (Lipinski definition) is 1. The Kier molecular flexibility index (Phi) is 4.32. The summed E-state index contributed by atoms with van der Waals surface area (Å²) in [6, 6.07) is 5.42. The second kappa shape index (κ2) is 5.64. The molecular weight excluding hydrogens is 387 g/mol. The molecule has 0 saturated carbocycles. The second-order valence-corrected chi connectivity index (χ2v) is 5.52. The Morgan fingerprint density at radius 3 is 2.32 bits per heavy atom. The maximum absolute atomic E-state index is 14.0. The van der Waals surface area contributed by atoms with Crippen molar-refractivity contribution in [2.45, 2.75) is 6.04 Å². The first-order chi connectivity index (χ1) is 8.93. The van der Waals surface area contributed by atoms with E-state index in [2.05, 4.69) is 31.9 Å². The largest absolute Gasteiger partial charge is 0.320 e. The van der Waals surface area contributed by atoms with Gasteiger partial charge in [0, 0.05) is 5.56 Å². The van der Waals surface area contributed by atoms with Gasteiger partial charge in [0.25, 0.3) is 0 Å². The molecule has 0 heterocycles. The number of hydrogen-bond donors (Lipinski definition) is 1. The second-order valence-electron chi connectivity index (χ2n) is 3.88. The van der Waals surface area contributed by atoms with Gasteiger partial charge in [-0.05, 0) is 55.6 Å². The van der Waals surface area contributed by atoms with Crippen LogP contribution in [-0.2, 0) is 0 Å². The zero-order chi connectivity index (χ0) is 14.2. The Hall–Kier alpha value is -0.850. The summed E-state index contributed by atoms with van der Waals surface area (Å²) in [6.07, 6.45) is 0. The monoisotopic (exact) mass is 393 g/mol. The van der Waals surface area contributed by atoms with E-state index in [1.165, 1.54) is 24.3 Å². The van der Waals surface area contributed by atoms with Crippen molar-refractivity contribution in [3.63, 3.8) is 0 Å². The highest BCUT2D eigenvalue weighted by Gasteiger charge is 2.23. The molecule has 0 aliphatic heterocycles. The van der Waals surface area contributed by atoms with Crippen molar-refractivity contribution in [1.82, 2.24) is 0 Å². The highest BCUT2D eigenvalue weighted by Crippen LogP contribution is 2.33. The molecule has 1 nitrogen and oxygen atoms in total. The molecule has 0 radical (unpaired) electrons. The molecule has 0 aromatic heterocycles. The van der Waals surface area contributed by atoms with Gasteiger partial charge in [0.05, 0.1) is 15.0 Å². The molecule has 2 rings (SSSR count). The standard InChI is InChI=1S/C13H8Br2F3N/c14-7-4-5-8(16)10(12(7)18)13(19)6-2-1-3-9(17)11(6)15/h1-5,13H,19H2. The van der Waals surface area contributed by atoms with Gasteiger partial charge in [0.1, 0.15) is 17.5 Å². The lowest BCUT2D eigenvalue weighted by molar-refractivity contribution is 0.537. The average Bonchev–Trinajstić information content (AvgIpc) is 2.37. The van der Waals surface area contributed by atoms with Crippen LogP contribution in [0.1, 0.15) is 17.2 Å². The van der Waals surface area contributed by atoms with Gasteiger partial charge in [-0.1, -0.05) is 12.1 Å². The van der Waals surface area contributed by atoms with E-state index in [1.54, 1.807) is 0 Å². The average molecular weight is 395 g/mol. The van der Waals surface area contributed by atoms with Crippen LogP contribution in [0.15, 0.2) is 39.3 Å². The van der Waals surface area contributed by atoms with Crippen molar-refractivity contribution in [1.29, 1.82) is 0 Å². The third-order valence-electron chi connectivity index (χ3n) is 2.71. The first kappa shape index (κ1) is 14.6. The van der Waals surface area contributed by atoms with Crippen molar-refractivity contribution in [2.24, 2.45) is 5.73 Å². The minimum Gasteiger partial charge on any atom is -0.320 e. The Morgan fingerprint density at radius 1 is 0.947 bits per heavy atom. The number of benzene rings is 2. The van der Waals surface area contributed by atoms with Gasteiger partial charge in [-0.3, -0.25) is 0 Å². The Morgan fingerprint density at radius 2 is 1.63 bits per heavy atom. The summed E-state index contributed by atoms with van der Waals surface area (Å²) in [5.41, 5.74) is 5.83. The van der Waals surface area contributed by atoms with Gasteiger partial charge in [0.15, 0.2) is 0 Å². The minimum atomic E-state index is -1.11. The van der Waals surface area contributed by atoms with Crippen LogP contribution >= 0.6 is 31.9 Å². The van der Waals surface area contributed by atoms with Crippen LogP contribution in [0.4, 0.5) is 13.2 Å². The van der Waals surface area contributed by atoms with Crippen molar-refractivity contribution in [3.8, 4) is 0 Å². The van der Waals surface area contributed by atoms with Crippen LogP contribution in [0.3, 0.4) is 0 Å². The van der Waals surface area contributed by atoms with Crippen LogP contribution in [0.2, 0.25) is 0 Å². The van der Waals surface area contributed by atoms with Crippen LogP contribution in [0.25, 0.3) is 0 Å². The van der Waals surface area contributed by atoms with Crippen LogP contribution in [0.5, 0.6) is 0 Å². The van der Waals surface area contributed by atoms with Crippen LogP contribution in [0, 0.1) is 17.5 Å². The van der Waals surface area contributed by atoms with E-state index in [0.717, 1.165) is 6.07 Å². The Bertz CT molecular complexity index is 632. The molecule has 1 unspecified atom stereocenters. The molecule has 100 valence electrons. The molecule has 0 bridgehead atoms. The summed E-state index contributed by atoms with van der Waals surface area (Å²) >= 11 is 6.01. The van der Waals surface area contributed by atoms with E-state index in [0.29, 0.717) is 0 Å². The summed E-state index contributed by atoms with van der Waals surface area (Å²) in [4.78, 5) is 0. The number of rotatable bonds is 2. The van der Waals surface area contributed by atoms with Crippen LogP contribution in [-0.4, -0.2) is 0 Å². The predicted molar refractivity (Wildman–Crippen MR) is 74.2 cm³/mol. The zero-order valence-corrected chi connectivity index (χ0v) is 12.6. The lowest BCUT2D eigenvalue weighted by Gasteiger charge is -2.17. The van der Waals surface area contributed by atoms with Gasteiger partial charge >= 0.3 is 0 Å². The van der Waals surface area contributed by atoms with E-state index in [1.807, 2.05) is 0 Å². The minimum absolute atomic E-state index is 0.0984. The molecule has 2 aromatic carbocycles. The highest BCUT2D eigenvalue weighted by atomic mass is 79.9. The molecule has 0 saturated heterocycles. The molecule has 1 atom stereocenters. The van der Waals surface area contributed by atoms with Crippen molar-refractivity contribution < 1.29 is 13.2 Å².